The number of aryl methyl sites for hydroxylation is 1. The van der Waals surface area contributed by atoms with E-state index in [1.165, 1.54) is 5.56 Å². The molecule has 0 saturated heterocycles. The number of aromatic nitrogens is 2. The van der Waals surface area contributed by atoms with E-state index in [1.54, 1.807) is 0 Å². The van der Waals surface area contributed by atoms with Gasteiger partial charge in [0.15, 0.2) is 0 Å². The van der Waals surface area contributed by atoms with Gasteiger partial charge in [0.2, 0.25) is 5.92 Å². The summed E-state index contributed by atoms with van der Waals surface area (Å²) in [6.07, 6.45) is 7.24. The molecule has 0 bridgehead atoms. The van der Waals surface area contributed by atoms with Gasteiger partial charge in [-0.15, -0.1) is 0 Å². The summed E-state index contributed by atoms with van der Waals surface area (Å²) < 4.78 is 28.6. The van der Waals surface area contributed by atoms with E-state index in [0.29, 0.717) is 18.8 Å². The van der Waals surface area contributed by atoms with E-state index in [-0.39, 0.29) is 18.9 Å². The fourth-order valence-electron chi connectivity index (χ4n) is 3.14. The Labute approximate surface area is 126 Å². The number of hydrogen-bond donors (Lipinski definition) is 1. The number of rotatable bonds is 7. The number of alkyl halides is 2. The first-order valence-corrected chi connectivity index (χ1v) is 8.16. The first-order valence-electron chi connectivity index (χ1n) is 8.16. The third-order valence-electron chi connectivity index (χ3n) is 4.45. The Bertz CT molecular complexity index is 421. The van der Waals surface area contributed by atoms with Crippen molar-refractivity contribution in [1.82, 2.24) is 15.1 Å². The molecular formula is C16H27F2N3. The predicted molar refractivity (Wildman–Crippen MR) is 80.6 cm³/mol. The molecule has 1 unspecified atom stereocenters. The molecule has 1 saturated carbocycles. The molecule has 1 fully saturated rings. The summed E-state index contributed by atoms with van der Waals surface area (Å²) in [6.45, 7) is 6.00. The fourth-order valence-corrected chi connectivity index (χ4v) is 3.14. The number of nitrogens with zero attached hydrogens (tertiary/aromatic N) is 2. The zero-order valence-electron chi connectivity index (χ0n) is 13.1. The molecule has 120 valence electrons. The molecule has 1 aliphatic rings. The minimum absolute atomic E-state index is 0.0379. The molecule has 0 amide bonds. The van der Waals surface area contributed by atoms with Gasteiger partial charge in [-0.3, -0.25) is 4.68 Å². The second kappa shape index (κ2) is 7.34. The van der Waals surface area contributed by atoms with Crippen LogP contribution in [0.2, 0.25) is 0 Å². The normalized spacial score (nSPS) is 20.6. The van der Waals surface area contributed by atoms with Crippen molar-refractivity contribution >= 4 is 0 Å². The van der Waals surface area contributed by atoms with Crippen molar-refractivity contribution in [3.05, 3.63) is 18.0 Å². The Morgan fingerprint density at radius 2 is 2.10 bits per heavy atom. The zero-order valence-corrected chi connectivity index (χ0v) is 13.1. The fraction of sp³-hybridized carbons (Fsp3) is 0.812. The lowest BCUT2D eigenvalue weighted by molar-refractivity contribution is -0.0495. The highest BCUT2D eigenvalue weighted by atomic mass is 19.3. The molecule has 5 heteroatoms. The highest BCUT2D eigenvalue weighted by Crippen LogP contribution is 2.38. The summed E-state index contributed by atoms with van der Waals surface area (Å²) in [4.78, 5) is 0. The summed E-state index contributed by atoms with van der Waals surface area (Å²) in [5.74, 6) is -2.10. The molecule has 0 radical (unpaired) electrons. The van der Waals surface area contributed by atoms with Gasteiger partial charge >= 0.3 is 0 Å². The van der Waals surface area contributed by atoms with Gasteiger partial charge in [-0.2, -0.15) is 5.10 Å². The average Bonchev–Trinajstić information content (AvgIpc) is 2.91. The lowest BCUT2D eigenvalue weighted by atomic mass is 9.80. The van der Waals surface area contributed by atoms with Crippen LogP contribution in [0.4, 0.5) is 8.78 Å². The Hall–Kier alpha value is -0.970. The third kappa shape index (κ3) is 4.77. The van der Waals surface area contributed by atoms with Gasteiger partial charge in [0.1, 0.15) is 0 Å². The Kier molecular flexibility index (Phi) is 5.73. The van der Waals surface area contributed by atoms with Crippen molar-refractivity contribution in [1.29, 1.82) is 0 Å². The van der Waals surface area contributed by atoms with Crippen LogP contribution in [0.1, 0.15) is 51.5 Å². The molecule has 1 N–H and O–H groups in total. The quantitative estimate of drug-likeness (QED) is 0.833. The Morgan fingerprint density at radius 3 is 2.67 bits per heavy atom. The number of nitrogens with one attached hydrogen (secondary N) is 1. The predicted octanol–water partition coefficient (Wildman–Crippen LogP) is 3.64. The van der Waals surface area contributed by atoms with Crippen LogP contribution in [0.5, 0.6) is 0 Å². The van der Waals surface area contributed by atoms with Crippen molar-refractivity contribution in [3.63, 3.8) is 0 Å². The molecule has 0 spiro atoms. The number of halogens is 2. The molecule has 1 atom stereocenters. The summed E-state index contributed by atoms with van der Waals surface area (Å²) in [7, 11) is 0. The van der Waals surface area contributed by atoms with Crippen molar-refractivity contribution in [2.75, 3.05) is 6.54 Å². The van der Waals surface area contributed by atoms with Crippen molar-refractivity contribution in [3.8, 4) is 0 Å². The first kappa shape index (κ1) is 16.4. The van der Waals surface area contributed by atoms with Crippen LogP contribution in [0.25, 0.3) is 0 Å². The summed E-state index contributed by atoms with van der Waals surface area (Å²) >= 11 is 0. The first-order chi connectivity index (χ1) is 10.0. The van der Waals surface area contributed by atoms with Crippen LogP contribution in [0.15, 0.2) is 12.4 Å². The molecule has 21 heavy (non-hydrogen) atoms. The van der Waals surface area contributed by atoms with Crippen LogP contribution < -0.4 is 5.32 Å². The Morgan fingerprint density at radius 1 is 1.38 bits per heavy atom. The average molecular weight is 299 g/mol. The van der Waals surface area contributed by atoms with E-state index in [9.17, 15) is 8.78 Å². The summed E-state index contributed by atoms with van der Waals surface area (Å²) in [6, 6.07) is 0.288. The lowest BCUT2D eigenvalue weighted by Gasteiger charge is -2.34. The van der Waals surface area contributed by atoms with Crippen molar-refractivity contribution in [2.24, 2.45) is 5.92 Å². The molecule has 2 rings (SSSR count). The highest BCUT2D eigenvalue weighted by molar-refractivity contribution is 5.07. The number of hydrogen-bond acceptors (Lipinski definition) is 2. The smallest absolute Gasteiger partial charge is 0.248 e. The van der Waals surface area contributed by atoms with E-state index in [1.807, 2.05) is 10.9 Å². The largest absolute Gasteiger partial charge is 0.313 e. The summed E-state index contributed by atoms with van der Waals surface area (Å²) in [5, 5.41) is 7.87. The van der Waals surface area contributed by atoms with Crippen LogP contribution in [0.3, 0.4) is 0 Å². The third-order valence-corrected chi connectivity index (χ3v) is 4.45. The van der Waals surface area contributed by atoms with E-state index in [4.69, 9.17) is 0 Å². The van der Waals surface area contributed by atoms with E-state index >= 15 is 0 Å². The molecule has 1 aromatic heterocycles. The summed E-state index contributed by atoms with van der Waals surface area (Å²) in [5.41, 5.74) is 1.20. The molecular weight excluding hydrogens is 272 g/mol. The standard InChI is InChI=1S/C16H27F2N3/c1-3-9-19-15(10-13-11-20-21(4-2)12-13)14-5-7-16(17,18)8-6-14/h11-12,14-15,19H,3-10H2,1-2H3. The minimum atomic E-state index is -2.45. The van der Waals surface area contributed by atoms with Gasteiger partial charge in [0.05, 0.1) is 6.20 Å². The van der Waals surface area contributed by atoms with Gasteiger partial charge in [-0.05, 0) is 50.6 Å². The molecule has 1 heterocycles. The highest BCUT2D eigenvalue weighted by Gasteiger charge is 2.37. The van der Waals surface area contributed by atoms with Gasteiger partial charge in [0, 0.05) is 31.6 Å². The minimum Gasteiger partial charge on any atom is -0.313 e. The van der Waals surface area contributed by atoms with Crippen LogP contribution >= 0.6 is 0 Å². The maximum Gasteiger partial charge on any atom is 0.248 e. The van der Waals surface area contributed by atoms with Gasteiger partial charge in [-0.25, -0.2) is 8.78 Å². The SMILES string of the molecule is CCCNC(Cc1cnn(CC)c1)C1CCC(F)(F)CC1. The van der Waals surface area contributed by atoms with Gasteiger partial charge in [0.25, 0.3) is 0 Å². The maximum atomic E-state index is 13.3. The molecule has 1 aliphatic carbocycles. The lowest BCUT2D eigenvalue weighted by Crippen LogP contribution is -2.41. The van der Waals surface area contributed by atoms with Crippen LogP contribution in [-0.4, -0.2) is 28.3 Å². The monoisotopic (exact) mass is 299 g/mol. The van der Waals surface area contributed by atoms with Gasteiger partial charge in [-0.1, -0.05) is 6.92 Å². The van der Waals surface area contributed by atoms with Crippen molar-refractivity contribution < 1.29 is 8.78 Å². The van der Waals surface area contributed by atoms with Crippen LogP contribution in [0, 0.1) is 5.92 Å². The Balaban J connectivity index is 1.97. The van der Waals surface area contributed by atoms with Gasteiger partial charge < -0.3 is 5.32 Å². The molecule has 0 aliphatic heterocycles. The molecule has 0 aromatic carbocycles. The van der Waals surface area contributed by atoms with E-state index < -0.39 is 5.92 Å². The van der Waals surface area contributed by atoms with E-state index in [2.05, 4.69) is 30.5 Å². The van der Waals surface area contributed by atoms with E-state index in [0.717, 1.165) is 25.9 Å². The second-order valence-electron chi connectivity index (χ2n) is 6.16. The van der Waals surface area contributed by atoms with Crippen molar-refractivity contribution in [2.45, 2.75) is 70.9 Å². The maximum absolute atomic E-state index is 13.3. The van der Waals surface area contributed by atoms with Crippen LogP contribution in [-0.2, 0) is 13.0 Å². The topological polar surface area (TPSA) is 29.9 Å². The second-order valence-corrected chi connectivity index (χ2v) is 6.16. The molecule has 1 aromatic rings. The molecule has 3 nitrogen and oxygen atoms in total. The zero-order chi connectivity index (χ0) is 15.3.